The number of hydrogen-bond acceptors (Lipinski definition) is 5. The van der Waals surface area contributed by atoms with E-state index in [1.807, 2.05) is 0 Å². The van der Waals surface area contributed by atoms with Crippen LogP contribution in [0.5, 0.6) is 5.75 Å². The fraction of sp³-hybridized carbons (Fsp3) is 0.300. The molecule has 0 aromatic carbocycles. The van der Waals surface area contributed by atoms with E-state index >= 15 is 0 Å². The SMILES string of the molecule is CCOC(=O)c1c(O)c(C=O)c(C)[nH]c1=O. The minimum Gasteiger partial charge on any atom is -0.506 e. The molecule has 0 amide bonds. The fourth-order valence-corrected chi connectivity index (χ4v) is 1.26. The molecule has 2 N–H and O–H groups in total. The van der Waals surface area contributed by atoms with E-state index in [0.29, 0.717) is 6.29 Å². The predicted octanol–water partition coefficient (Wildman–Crippen LogP) is 0.378. The lowest BCUT2D eigenvalue weighted by Crippen LogP contribution is -2.22. The second kappa shape index (κ2) is 4.61. The van der Waals surface area contributed by atoms with Gasteiger partial charge < -0.3 is 14.8 Å². The van der Waals surface area contributed by atoms with Crippen molar-refractivity contribution in [1.29, 1.82) is 0 Å². The van der Waals surface area contributed by atoms with Gasteiger partial charge >= 0.3 is 5.97 Å². The maximum Gasteiger partial charge on any atom is 0.347 e. The number of esters is 1. The zero-order valence-corrected chi connectivity index (χ0v) is 8.86. The molecule has 1 heterocycles. The van der Waals surface area contributed by atoms with Gasteiger partial charge in [-0.25, -0.2) is 4.79 Å². The molecule has 0 bridgehead atoms. The second-order valence-corrected chi connectivity index (χ2v) is 3.05. The van der Waals surface area contributed by atoms with E-state index < -0.39 is 22.8 Å². The Kier molecular flexibility index (Phi) is 3.44. The summed E-state index contributed by atoms with van der Waals surface area (Å²) in [5.41, 5.74) is -1.25. The maximum absolute atomic E-state index is 11.4. The van der Waals surface area contributed by atoms with Crippen LogP contribution in [0.15, 0.2) is 4.79 Å². The van der Waals surface area contributed by atoms with Crippen molar-refractivity contribution in [3.05, 3.63) is 27.2 Å². The van der Waals surface area contributed by atoms with Crippen LogP contribution in [0.25, 0.3) is 0 Å². The van der Waals surface area contributed by atoms with Gasteiger partial charge in [0.2, 0.25) is 0 Å². The van der Waals surface area contributed by atoms with Gasteiger partial charge in [0.25, 0.3) is 5.56 Å². The molecule has 0 aliphatic carbocycles. The molecule has 1 aromatic rings. The summed E-state index contributed by atoms with van der Waals surface area (Å²) in [5, 5.41) is 9.60. The van der Waals surface area contributed by atoms with Gasteiger partial charge in [-0.2, -0.15) is 0 Å². The van der Waals surface area contributed by atoms with E-state index in [9.17, 15) is 19.5 Å². The van der Waals surface area contributed by atoms with Crippen molar-refractivity contribution in [2.75, 3.05) is 6.61 Å². The molecule has 16 heavy (non-hydrogen) atoms. The number of H-pyrrole nitrogens is 1. The first-order valence-corrected chi connectivity index (χ1v) is 4.61. The van der Waals surface area contributed by atoms with Crippen LogP contribution in [-0.4, -0.2) is 29.0 Å². The molecule has 0 radical (unpaired) electrons. The Labute approximate surface area is 90.9 Å². The summed E-state index contributed by atoms with van der Waals surface area (Å²) < 4.78 is 4.59. The van der Waals surface area contributed by atoms with E-state index in [-0.39, 0.29) is 17.9 Å². The van der Waals surface area contributed by atoms with Crippen molar-refractivity contribution >= 4 is 12.3 Å². The molecular formula is C10H11NO5. The van der Waals surface area contributed by atoms with Crippen molar-refractivity contribution in [2.24, 2.45) is 0 Å². The largest absolute Gasteiger partial charge is 0.506 e. The third kappa shape index (κ3) is 1.95. The molecule has 6 heteroatoms. The Morgan fingerprint density at radius 3 is 2.69 bits per heavy atom. The minimum atomic E-state index is -0.954. The molecule has 0 atom stereocenters. The molecule has 1 aromatic heterocycles. The molecule has 0 spiro atoms. The number of hydrogen-bond donors (Lipinski definition) is 2. The van der Waals surface area contributed by atoms with E-state index in [1.165, 1.54) is 6.92 Å². The van der Waals surface area contributed by atoms with Crippen molar-refractivity contribution in [1.82, 2.24) is 4.98 Å². The number of pyridine rings is 1. The van der Waals surface area contributed by atoms with E-state index in [1.54, 1.807) is 6.92 Å². The summed E-state index contributed by atoms with van der Waals surface area (Å²) >= 11 is 0. The number of aldehydes is 1. The van der Waals surface area contributed by atoms with Crippen LogP contribution in [0.3, 0.4) is 0 Å². The van der Waals surface area contributed by atoms with Gasteiger partial charge in [0.05, 0.1) is 12.2 Å². The number of aromatic hydroxyl groups is 1. The molecular weight excluding hydrogens is 214 g/mol. The van der Waals surface area contributed by atoms with Crippen LogP contribution < -0.4 is 5.56 Å². The molecule has 0 aliphatic rings. The molecule has 0 unspecified atom stereocenters. The zero-order chi connectivity index (χ0) is 12.3. The van der Waals surface area contributed by atoms with Crippen LogP contribution in [0, 0.1) is 6.92 Å². The number of ether oxygens (including phenoxy) is 1. The summed E-state index contributed by atoms with van der Waals surface area (Å²) in [5.74, 6) is -1.60. The third-order valence-corrected chi connectivity index (χ3v) is 2.02. The highest BCUT2D eigenvalue weighted by Crippen LogP contribution is 2.20. The van der Waals surface area contributed by atoms with Crippen molar-refractivity contribution in [3.8, 4) is 5.75 Å². The normalized spacial score (nSPS) is 9.88. The molecule has 0 aliphatic heterocycles. The fourth-order valence-electron chi connectivity index (χ4n) is 1.26. The van der Waals surface area contributed by atoms with Crippen LogP contribution in [0.2, 0.25) is 0 Å². The Bertz CT molecular complexity index is 489. The second-order valence-electron chi connectivity index (χ2n) is 3.05. The van der Waals surface area contributed by atoms with Gasteiger partial charge in [-0.3, -0.25) is 9.59 Å². The molecule has 86 valence electrons. The van der Waals surface area contributed by atoms with Gasteiger partial charge in [-0.1, -0.05) is 0 Å². The Balaban J connectivity index is 3.45. The van der Waals surface area contributed by atoms with E-state index in [0.717, 1.165) is 0 Å². The molecule has 0 saturated carbocycles. The van der Waals surface area contributed by atoms with Crippen molar-refractivity contribution < 1.29 is 19.4 Å². The van der Waals surface area contributed by atoms with E-state index in [4.69, 9.17) is 0 Å². The van der Waals surface area contributed by atoms with Crippen LogP contribution in [0.4, 0.5) is 0 Å². The third-order valence-electron chi connectivity index (χ3n) is 2.02. The van der Waals surface area contributed by atoms with Gasteiger partial charge in [-0.05, 0) is 13.8 Å². The number of aryl methyl sites for hydroxylation is 1. The Hall–Kier alpha value is -2.11. The number of carbonyl (C=O) groups is 2. The maximum atomic E-state index is 11.4. The monoisotopic (exact) mass is 225 g/mol. The highest BCUT2D eigenvalue weighted by atomic mass is 16.5. The molecule has 1 rings (SSSR count). The van der Waals surface area contributed by atoms with Gasteiger partial charge in [0, 0.05) is 5.69 Å². The van der Waals surface area contributed by atoms with Gasteiger partial charge in [0.1, 0.15) is 5.75 Å². The van der Waals surface area contributed by atoms with Gasteiger partial charge in [0.15, 0.2) is 11.8 Å². The average molecular weight is 225 g/mol. The lowest BCUT2D eigenvalue weighted by Gasteiger charge is -2.07. The Morgan fingerprint density at radius 2 is 2.19 bits per heavy atom. The number of aromatic amines is 1. The van der Waals surface area contributed by atoms with Gasteiger partial charge in [-0.15, -0.1) is 0 Å². The minimum absolute atomic E-state index is 0.0714. The Morgan fingerprint density at radius 1 is 1.56 bits per heavy atom. The number of aromatic nitrogens is 1. The summed E-state index contributed by atoms with van der Waals surface area (Å²) in [4.78, 5) is 35.7. The summed E-state index contributed by atoms with van der Waals surface area (Å²) in [6.07, 6.45) is 0.364. The predicted molar refractivity (Wildman–Crippen MR) is 54.8 cm³/mol. The first-order chi connectivity index (χ1) is 7.52. The lowest BCUT2D eigenvalue weighted by atomic mass is 10.1. The quantitative estimate of drug-likeness (QED) is 0.572. The standard InChI is InChI=1S/C10H11NO5/c1-3-16-10(15)7-8(13)6(4-12)5(2)11-9(7)14/h4H,3H2,1-2H3,(H2,11,13,14). The van der Waals surface area contributed by atoms with Crippen molar-refractivity contribution in [2.45, 2.75) is 13.8 Å². The topological polar surface area (TPSA) is 96.5 Å². The highest BCUT2D eigenvalue weighted by molar-refractivity contribution is 5.96. The molecule has 0 saturated heterocycles. The highest BCUT2D eigenvalue weighted by Gasteiger charge is 2.21. The molecule has 6 nitrogen and oxygen atoms in total. The smallest absolute Gasteiger partial charge is 0.347 e. The van der Waals surface area contributed by atoms with Crippen molar-refractivity contribution in [3.63, 3.8) is 0 Å². The number of rotatable bonds is 3. The first kappa shape index (κ1) is 12.0. The van der Waals surface area contributed by atoms with E-state index in [2.05, 4.69) is 9.72 Å². The average Bonchev–Trinajstić information content (AvgIpc) is 2.17. The lowest BCUT2D eigenvalue weighted by molar-refractivity contribution is 0.0521. The summed E-state index contributed by atoms with van der Waals surface area (Å²) in [7, 11) is 0. The van der Waals surface area contributed by atoms with Crippen LogP contribution in [-0.2, 0) is 4.74 Å². The summed E-state index contributed by atoms with van der Waals surface area (Å²) in [6.45, 7) is 3.08. The number of carbonyl (C=O) groups excluding carboxylic acids is 2. The number of nitrogens with one attached hydrogen (secondary N) is 1. The van der Waals surface area contributed by atoms with Crippen LogP contribution >= 0.6 is 0 Å². The zero-order valence-electron chi connectivity index (χ0n) is 8.86. The summed E-state index contributed by atoms with van der Waals surface area (Å²) in [6, 6.07) is 0. The first-order valence-electron chi connectivity index (χ1n) is 4.61. The molecule has 0 fully saturated rings. The van der Waals surface area contributed by atoms with Crippen LogP contribution in [0.1, 0.15) is 33.3 Å².